The third-order valence-electron chi connectivity index (χ3n) is 4.19. The smallest absolute Gasteiger partial charge is 0.303 e. The van der Waals surface area contributed by atoms with Crippen molar-refractivity contribution in [2.24, 2.45) is 5.92 Å². The Morgan fingerprint density at radius 1 is 0.900 bits per heavy atom. The zero-order valence-electron chi connectivity index (χ0n) is 13.4. The lowest BCUT2D eigenvalue weighted by atomic mass is 9.96. The van der Waals surface area contributed by atoms with E-state index in [9.17, 15) is 9.90 Å². The maximum absolute atomic E-state index is 10.3. The van der Waals surface area contributed by atoms with E-state index in [1.165, 1.54) is 38.5 Å². The van der Waals surface area contributed by atoms with E-state index in [2.05, 4.69) is 13.8 Å². The predicted molar refractivity (Wildman–Crippen MR) is 83.9 cm³/mol. The monoisotopic (exact) mass is 286 g/mol. The van der Waals surface area contributed by atoms with Gasteiger partial charge in [0, 0.05) is 6.42 Å². The summed E-state index contributed by atoms with van der Waals surface area (Å²) in [6.07, 6.45) is 12.7. The van der Waals surface area contributed by atoms with Gasteiger partial charge in [-0.25, -0.2) is 0 Å². The summed E-state index contributed by atoms with van der Waals surface area (Å²) in [5, 5.41) is 18.3. The van der Waals surface area contributed by atoms with Gasteiger partial charge in [0.15, 0.2) is 0 Å². The third kappa shape index (κ3) is 12.5. The molecule has 0 unspecified atom stereocenters. The first-order chi connectivity index (χ1) is 9.57. The summed E-state index contributed by atoms with van der Waals surface area (Å²) >= 11 is 0. The van der Waals surface area contributed by atoms with Crippen LogP contribution in [0.5, 0.6) is 0 Å². The molecule has 0 saturated heterocycles. The summed E-state index contributed by atoms with van der Waals surface area (Å²) in [6.45, 7) is 4.25. The number of aliphatic hydroxyl groups is 1. The lowest BCUT2D eigenvalue weighted by Crippen LogP contribution is -2.16. The lowest BCUT2D eigenvalue weighted by molar-refractivity contribution is -0.137. The molecule has 0 aliphatic heterocycles. The van der Waals surface area contributed by atoms with Crippen molar-refractivity contribution >= 4 is 5.97 Å². The van der Waals surface area contributed by atoms with Crippen LogP contribution in [0.1, 0.15) is 90.9 Å². The van der Waals surface area contributed by atoms with Gasteiger partial charge in [-0.15, -0.1) is 0 Å². The first-order valence-corrected chi connectivity index (χ1v) is 8.47. The number of rotatable bonds is 14. The van der Waals surface area contributed by atoms with Gasteiger partial charge in [0.05, 0.1) is 6.10 Å². The van der Waals surface area contributed by atoms with Gasteiger partial charge < -0.3 is 10.2 Å². The predicted octanol–water partition coefficient (Wildman–Crippen LogP) is 4.77. The quantitative estimate of drug-likeness (QED) is 0.452. The van der Waals surface area contributed by atoms with Crippen molar-refractivity contribution in [2.75, 3.05) is 0 Å². The zero-order valence-corrected chi connectivity index (χ0v) is 13.4. The molecule has 0 heterocycles. The van der Waals surface area contributed by atoms with Crippen LogP contribution in [0.25, 0.3) is 0 Å². The molecule has 0 bridgehead atoms. The van der Waals surface area contributed by atoms with Crippen LogP contribution in [0.4, 0.5) is 0 Å². The number of carboxylic acid groups (broad SMARTS) is 1. The zero-order chi connectivity index (χ0) is 15.2. The molecule has 0 aliphatic carbocycles. The van der Waals surface area contributed by atoms with Crippen LogP contribution in [-0.4, -0.2) is 22.3 Å². The van der Waals surface area contributed by atoms with Gasteiger partial charge >= 0.3 is 5.97 Å². The van der Waals surface area contributed by atoms with E-state index in [4.69, 9.17) is 5.11 Å². The average molecular weight is 286 g/mol. The highest BCUT2D eigenvalue weighted by Gasteiger charge is 2.10. The number of aliphatic hydroxyl groups excluding tert-OH is 1. The van der Waals surface area contributed by atoms with Gasteiger partial charge in [0.1, 0.15) is 0 Å². The first-order valence-electron chi connectivity index (χ1n) is 8.47. The number of hydrogen-bond donors (Lipinski definition) is 2. The first kappa shape index (κ1) is 19.4. The molecule has 2 atom stereocenters. The van der Waals surface area contributed by atoms with E-state index in [1.54, 1.807) is 0 Å². The van der Waals surface area contributed by atoms with Gasteiger partial charge in [-0.2, -0.15) is 0 Å². The van der Waals surface area contributed by atoms with E-state index in [-0.39, 0.29) is 6.10 Å². The molecule has 0 saturated carbocycles. The van der Waals surface area contributed by atoms with Crippen LogP contribution >= 0.6 is 0 Å². The van der Waals surface area contributed by atoms with Crippen molar-refractivity contribution < 1.29 is 15.0 Å². The minimum atomic E-state index is -0.676. The highest BCUT2D eigenvalue weighted by Crippen LogP contribution is 2.16. The topological polar surface area (TPSA) is 57.5 Å². The fourth-order valence-electron chi connectivity index (χ4n) is 2.42. The molecule has 0 radical (unpaired) electrons. The van der Waals surface area contributed by atoms with Gasteiger partial charge in [0.25, 0.3) is 0 Å². The van der Waals surface area contributed by atoms with Crippen LogP contribution in [0.2, 0.25) is 0 Å². The summed E-state index contributed by atoms with van der Waals surface area (Å²) in [4.78, 5) is 10.3. The molecule has 0 aliphatic rings. The summed E-state index contributed by atoms with van der Waals surface area (Å²) < 4.78 is 0. The second-order valence-corrected chi connectivity index (χ2v) is 6.07. The molecule has 20 heavy (non-hydrogen) atoms. The fourth-order valence-corrected chi connectivity index (χ4v) is 2.42. The summed E-state index contributed by atoms with van der Waals surface area (Å²) in [5.74, 6) is -0.245. The van der Waals surface area contributed by atoms with Gasteiger partial charge in [-0.3, -0.25) is 4.79 Å². The highest BCUT2D eigenvalue weighted by atomic mass is 16.4. The molecular weight excluding hydrogens is 252 g/mol. The third-order valence-corrected chi connectivity index (χ3v) is 4.19. The summed E-state index contributed by atoms with van der Waals surface area (Å²) in [5.41, 5.74) is 0. The van der Waals surface area contributed by atoms with Crippen LogP contribution in [0, 0.1) is 5.92 Å². The van der Waals surface area contributed by atoms with Crippen molar-refractivity contribution in [1.29, 1.82) is 0 Å². The van der Waals surface area contributed by atoms with E-state index in [1.807, 2.05) is 0 Å². The molecule has 3 nitrogen and oxygen atoms in total. The minimum absolute atomic E-state index is 0.116. The van der Waals surface area contributed by atoms with Crippen molar-refractivity contribution in [3.63, 3.8) is 0 Å². The van der Waals surface area contributed by atoms with Crippen LogP contribution in [0.15, 0.2) is 0 Å². The van der Waals surface area contributed by atoms with Gasteiger partial charge in [-0.1, -0.05) is 71.6 Å². The molecule has 0 aromatic rings. The van der Waals surface area contributed by atoms with E-state index in [0.717, 1.165) is 32.1 Å². The van der Waals surface area contributed by atoms with Crippen molar-refractivity contribution in [3.05, 3.63) is 0 Å². The Kier molecular flexibility index (Phi) is 13.0. The van der Waals surface area contributed by atoms with Gasteiger partial charge in [-0.05, 0) is 18.8 Å². The second kappa shape index (κ2) is 13.4. The maximum atomic E-state index is 10.3. The van der Waals surface area contributed by atoms with Crippen molar-refractivity contribution in [3.8, 4) is 0 Å². The molecule has 0 amide bonds. The number of carboxylic acids is 1. The molecule has 120 valence electrons. The largest absolute Gasteiger partial charge is 0.481 e. The number of carbonyl (C=O) groups is 1. The SMILES string of the molecule is CC[C@H](C)[C@H](O)CCCCCCCCCCCC(=O)O. The normalized spacial score (nSPS) is 14.2. The Labute approximate surface area is 124 Å². The standard InChI is InChI=1S/C17H34O3/c1-3-15(2)16(18)13-11-9-7-5-4-6-8-10-12-14-17(19)20/h15-16,18H,3-14H2,1-2H3,(H,19,20)/t15-,16+/m0/s1. The molecule has 0 aromatic carbocycles. The van der Waals surface area contributed by atoms with Crippen LogP contribution in [0.3, 0.4) is 0 Å². The van der Waals surface area contributed by atoms with E-state index in [0.29, 0.717) is 12.3 Å². The summed E-state index contributed by atoms with van der Waals surface area (Å²) in [6, 6.07) is 0. The Morgan fingerprint density at radius 2 is 1.35 bits per heavy atom. The second-order valence-electron chi connectivity index (χ2n) is 6.07. The minimum Gasteiger partial charge on any atom is -0.481 e. The fraction of sp³-hybridized carbons (Fsp3) is 0.941. The Bertz CT molecular complexity index is 228. The molecule has 0 fully saturated rings. The maximum Gasteiger partial charge on any atom is 0.303 e. The summed E-state index contributed by atoms with van der Waals surface area (Å²) in [7, 11) is 0. The van der Waals surface area contributed by atoms with Crippen molar-refractivity contribution in [1.82, 2.24) is 0 Å². The van der Waals surface area contributed by atoms with E-state index < -0.39 is 5.97 Å². The lowest BCUT2D eigenvalue weighted by Gasteiger charge is -2.16. The Hall–Kier alpha value is -0.570. The molecular formula is C17H34O3. The van der Waals surface area contributed by atoms with Crippen molar-refractivity contribution in [2.45, 2.75) is 97.0 Å². The van der Waals surface area contributed by atoms with Crippen LogP contribution < -0.4 is 0 Å². The molecule has 0 rings (SSSR count). The Morgan fingerprint density at radius 3 is 1.80 bits per heavy atom. The Balaban J connectivity index is 3.15. The average Bonchev–Trinajstić information content (AvgIpc) is 2.43. The molecule has 2 N–H and O–H groups in total. The highest BCUT2D eigenvalue weighted by molar-refractivity contribution is 5.66. The van der Waals surface area contributed by atoms with E-state index >= 15 is 0 Å². The number of hydrogen-bond acceptors (Lipinski definition) is 2. The number of aliphatic carboxylic acids is 1. The molecule has 0 spiro atoms. The molecule has 3 heteroatoms. The molecule has 0 aromatic heterocycles. The number of unbranched alkanes of at least 4 members (excludes halogenated alkanes) is 8. The van der Waals surface area contributed by atoms with Gasteiger partial charge in [0.2, 0.25) is 0 Å². The van der Waals surface area contributed by atoms with Crippen LogP contribution in [-0.2, 0) is 4.79 Å².